The Labute approximate surface area is 178 Å². The van der Waals surface area contributed by atoms with Gasteiger partial charge in [-0.1, -0.05) is 58.4 Å². The Bertz CT molecular complexity index is 555. The molecule has 4 aliphatic carbocycles. The first-order chi connectivity index (χ1) is 14.2. The summed E-state index contributed by atoms with van der Waals surface area (Å²) in [4.78, 5) is 14.8. The van der Waals surface area contributed by atoms with Crippen LogP contribution in [0.25, 0.3) is 0 Å². The van der Waals surface area contributed by atoms with Gasteiger partial charge in [-0.05, 0) is 69.1 Å². The fraction of sp³-hybridized carbons (Fsp3) is 0.885. The van der Waals surface area contributed by atoms with Gasteiger partial charge < -0.3 is 4.74 Å². The smallest absolute Gasteiger partial charge is 0.330 e. The molecule has 3 nitrogen and oxygen atoms in total. The highest BCUT2D eigenvalue weighted by Crippen LogP contribution is 2.45. The van der Waals surface area contributed by atoms with E-state index in [9.17, 15) is 4.79 Å². The molecule has 0 aromatic rings. The minimum atomic E-state index is -0.250. The predicted octanol–water partition coefficient (Wildman–Crippen LogP) is 6.27. The Morgan fingerprint density at radius 1 is 0.793 bits per heavy atom. The zero-order valence-corrected chi connectivity index (χ0v) is 18.7. The molecule has 6 unspecified atom stereocenters. The fourth-order valence-electron chi connectivity index (χ4n) is 7.38. The Balaban J connectivity index is 1.45. The van der Waals surface area contributed by atoms with Crippen LogP contribution in [0.3, 0.4) is 0 Å². The summed E-state index contributed by atoms with van der Waals surface area (Å²) in [6.45, 7) is 5.86. The molecular formula is C26H43NO2. The van der Waals surface area contributed by atoms with E-state index in [2.05, 4.69) is 18.4 Å². The maximum absolute atomic E-state index is 11.7. The molecule has 0 heterocycles. The van der Waals surface area contributed by atoms with Crippen LogP contribution < -0.4 is 0 Å². The molecular weight excluding hydrogens is 358 g/mol. The van der Waals surface area contributed by atoms with Crippen LogP contribution in [0.4, 0.5) is 0 Å². The molecule has 0 saturated heterocycles. The van der Waals surface area contributed by atoms with E-state index in [1.165, 1.54) is 96.0 Å². The second-order valence-corrected chi connectivity index (χ2v) is 10.6. The molecule has 29 heavy (non-hydrogen) atoms. The van der Waals surface area contributed by atoms with E-state index < -0.39 is 0 Å². The zero-order valence-electron chi connectivity index (χ0n) is 18.7. The van der Waals surface area contributed by atoms with Crippen molar-refractivity contribution in [2.45, 2.75) is 127 Å². The van der Waals surface area contributed by atoms with Crippen molar-refractivity contribution in [2.75, 3.05) is 0 Å². The zero-order chi connectivity index (χ0) is 20.2. The molecule has 0 spiro atoms. The monoisotopic (exact) mass is 401 g/mol. The lowest BCUT2D eigenvalue weighted by Crippen LogP contribution is -2.55. The van der Waals surface area contributed by atoms with E-state index in [-0.39, 0.29) is 12.1 Å². The number of esters is 1. The van der Waals surface area contributed by atoms with Gasteiger partial charge in [0, 0.05) is 24.2 Å². The van der Waals surface area contributed by atoms with E-state index >= 15 is 0 Å². The Morgan fingerprint density at radius 3 is 2.17 bits per heavy atom. The Morgan fingerprint density at radius 2 is 1.45 bits per heavy atom. The normalized spacial score (nSPS) is 39.0. The lowest BCUT2D eigenvalue weighted by atomic mass is 9.68. The summed E-state index contributed by atoms with van der Waals surface area (Å²) in [7, 11) is 0. The SMILES string of the molecule is C=CC(=O)OC1CCC(N(C2CCCCC2)C2CCC3CCCCC3C2)CC1C. The van der Waals surface area contributed by atoms with Gasteiger partial charge in [0.05, 0.1) is 0 Å². The summed E-state index contributed by atoms with van der Waals surface area (Å²) >= 11 is 0. The number of carbonyl (C=O) groups is 1. The van der Waals surface area contributed by atoms with Gasteiger partial charge in [0.2, 0.25) is 0 Å². The summed E-state index contributed by atoms with van der Waals surface area (Å²) < 4.78 is 5.67. The third kappa shape index (κ3) is 5.09. The molecule has 0 bridgehead atoms. The standard InChI is InChI=1S/C26H43NO2/c1-3-26(28)29-25-16-15-23(17-19(25)2)27(22-11-5-4-6-12-22)24-14-13-20-9-7-8-10-21(20)18-24/h3,19-25H,1,4-18H2,2H3. The first-order valence-corrected chi connectivity index (χ1v) is 12.8. The molecule has 0 radical (unpaired) electrons. The topological polar surface area (TPSA) is 29.5 Å². The molecule has 0 N–H and O–H groups in total. The van der Waals surface area contributed by atoms with Crippen molar-refractivity contribution in [2.24, 2.45) is 17.8 Å². The highest BCUT2D eigenvalue weighted by atomic mass is 16.5. The molecule has 164 valence electrons. The number of nitrogens with zero attached hydrogens (tertiary/aromatic N) is 1. The van der Waals surface area contributed by atoms with Gasteiger partial charge in [0.1, 0.15) is 6.10 Å². The summed E-state index contributed by atoms with van der Waals surface area (Å²) in [5.74, 6) is 2.23. The van der Waals surface area contributed by atoms with Crippen LogP contribution in [0.2, 0.25) is 0 Å². The largest absolute Gasteiger partial charge is 0.459 e. The minimum Gasteiger partial charge on any atom is -0.459 e. The van der Waals surface area contributed by atoms with Crippen LogP contribution in [-0.2, 0) is 9.53 Å². The van der Waals surface area contributed by atoms with E-state index in [0.717, 1.165) is 30.3 Å². The van der Waals surface area contributed by atoms with Crippen molar-refractivity contribution < 1.29 is 9.53 Å². The highest BCUT2D eigenvalue weighted by Gasteiger charge is 2.42. The minimum absolute atomic E-state index is 0.0824. The molecule has 4 rings (SSSR count). The molecule has 4 saturated carbocycles. The van der Waals surface area contributed by atoms with Gasteiger partial charge in [0.15, 0.2) is 0 Å². The Kier molecular flexibility index (Phi) is 7.37. The van der Waals surface area contributed by atoms with Crippen LogP contribution in [0, 0.1) is 17.8 Å². The molecule has 6 atom stereocenters. The summed E-state index contributed by atoms with van der Waals surface area (Å²) in [6, 6.07) is 2.30. The van der Waals surface area contributed by atoms with Crippen LogP contribution in [-0.4, -0.2) is 35.1 Å². The molecule has 0 aromatic carbocycles. The molecule has 4 aliphatic rings. The van der Waals surface area contributed by atoms with E-state index in [0.29, 0.717) is 12.0 Å². The van der Waals surface area contributed by atoms with Gasteiger partial charge in [-0.3, -0.25) is 4.90 Å². The van der Waals surface area contributed by atoms with Crippen molar-refractivity contribution in [1.82, 2.24) is 4.90 Å². The third-order valence-electron chi connectivity index (χ3n) is 8.85. The first-order valence-electron chi connectivity index (χ1n) is 12.8. The van der Waals surface area contributed by atoms with Gasteiger partial charge in [0.25, 0.3) is 0 Å². The highest BCUT2D eigenvalue weighted by molar-refractivity contribution is 5.81. The van der Waals surface area contributed by atoms with Crippen molar-refractivity contribution in [3.8, 4) is 0 Å². The average molecular weight is 402 g/mol. The van der Waals surface area contributed by atoms with Crippen LogP contribution in [0.1, 0.15) is 103 Å². The number of hydrogen-bond donors (Lipinski definition) is 0. The number of rotatable bonds is 5. The fourth-order valence-corrected chi connectivity index (χ4v) is 7.38. The molecule has 0 aliphatic heterocycles. The van der Waals surface area contributed by atoms with Crippen LogP contribution in [0.5, 0.6) is 0 Å². The second-order valence-electron chi connectivity index (χ2n) is 10.6. The molecule has 4 fully saturated rings. The van der Waals surface area contributed by atoms with Crippen molar-refractivity contribution in [3.63, 3.8) is 0 Å². The number of hydrogen-bond acceptors (Lipinski definition) is 3. The van der Waals surface area contributed by atoms with Gasteiger partial charge in [-0.2, -0.15) is 0 Å². The van der Waals surface area contributed by atoms with Crippen LogP contribution in [0.15, 0.2) is 12.7 Å². The van der Waals surface area contributed by atoms with E-state index in [1.807, 2.05) is 0 Å². The third-order valence-corrected chi connectivity index (χ3v) is 8.85. The van der Waals surface area contributed by atoms with E-state index in [4.69, 9.17) is 4.74 Å². The average Bonchev–Trinajstić information content (AvgIpc) is 2.76. The molecule has 0 aromatic heterocycles. The lowest BCUT2D eigenvalue weighted by Gasteiger charge is -2.51. The van der Waals surface area contributed by atoms with Crippen LogP contribution >= 0.6 is 0 Å². The Hall–Kier alpha value is -0.830. The summed E-state index contributed by atoms with van der Waals surface area (Å²) in [5, 5.41) is 0. The van der Waals surface area contributed by atoms with Gasteiger partial charge in [-0.25, -0.2) is 4.79 Å². The predicted molar refractivity (Wildman–Crippen MR) is 119 cm³/mol. The van der Waals surface area contributed by atoms with Crippen molar-refractivity contribution in [3.05, 3.63) is 12.7 Å². The number of ether oxygens (including phenoxy) is 1. The second kappa shape index (κ2) is 9.98. The van der Waals surface area contributed by atoms with E-state index in [1.54, 1.807) is 0 Å². The van der Waals surface area contributed by atoms with Gasteiger partial charge in [-0.15, -0.1) is 0 Å². The first kappa shape index (κ1) is 21.4. The van der Waals surface area contributed by atoms with Crippen molar-refractivity contribution in [1.29, 1.82) is 0 Å². The maximum atomic E-state index is 11.7. The maximum Gasteiger partial charge on any atom is 0.330 e. The van der Waals surface area contributed by atoms with Gasteiger partial charge >= 0.3 is 5.97 Å². The molecule has 0 amide bonds. The summed E-state index contributed by atoms with van der Waals surface area (Å²) in [5.41, 5.74) is 0. The number of carbonyl (C=O) groups excluding carboxylic acids is 1. The van der Waals surface area contributed by atoms with Crippen molar-refractivity contribution >= 4 is 5.97 Å². The quantitative estimate of drug-likeness (QED) is 0.402. The summed E-state index contributed by atoms with van der Waals surface area (Å²) in [6.07, 6.45) is 22.2. The number of fused-ring (bicyclic) bond motifs is 1. The molecule has 3 heteroatoms. The lowest BCUT2D eigenvalue weighted by molar-refractivity contribution is -0.148.